The van der Waals surface area contributed by atoms with Crippen molar-refractivity contribution in [3.8, 4) is 0 Å². The van der Waals surface area contributed by atoms with Crippen molar-refractivity contribution in [2.45, 2.75) is 38.1 Å². The minimum Gasteiger partial charge on any atom is -0.367 e. The molecule has 1 aliphatic rings. The molecule has 1 saturated carbocycles. The van der Waals surface area contributed by atoms with E-state index in [0.29, 0.717) is 6.04 Å². The van der Waals surface area contributed by atoms with Crippen LogP contribution in [0.3, 0.4) is 0 Å². The van der Waals surface area contributed by atoms with Crippen molar-refractivity contribution in [2.24, 2.45) is 0 Å². The van der Waals surface area contributed by atoms with E-state index in [4.69, 9.17) is 0 Å². The van der Waals surface area contributed by atoms with Crippen LogP contribution >= 0.6 is 0 Å². The Hall–Kier alpha value is -1.36. The molecule has 0 aliphatic heterocycles. The molecule has 0 atom stereocenters. The fourth-order valence-corrected chi connectivity index (χ4v) is 2.40. The molecule has 1 aromatic heterocycles. The van der Waals surface area contributed by atoms with Gasteiger partial charge in [0.1, 0.15) is 5.82 Å². The minimum atomic E-state index is 0.594. The molecule has 1 heterocycles. The summed E-state index contributed by atoms with van der Waals surface area (Å²) in [5, 5.41) is 6.77. The van der Waals surface area contributed by atoms with E-state index in [1.807, 2.05) is 12.3 Å². The van der Waals surface area contributed by atoms with Crippen LogP contribution in [0.1, 0.15) is 32.1 Å². The Labute approximate surface area is 115 Å². The zero-order chi connectivity index (χ0) is 13.5. The molecule has 106 valence electrons. The number of hydrogen-bond donors (Lipinski definition) is 2. The first-order valence-electron chi connectivity index (χ1n) is 7.22. The highest BCUT2D eigenvalue weighted by Crippen LogP contribution is 2.21. The lowest BCUT2D eigenvalue weighted by atomic mass is 10.2. The number of aromatic nitrogens is 2. The molecule has 0 amide bonds. The van der Waals surface area contributed by atoms with Crippen LogP contribution in [0, 0.1) is 0 Å². The van der Waals surface area contributed by atoms with Gasteiger partial charge in [0.25, 0.3) is 0 Å². The lowest BCUT2D eigenvalue weighted by molar-refractivity contribution is 0.405. The SMILES string of the molecule is CN(C)CCCNc1nccc(NC2CCCC2)n1. The van der Waals surface area contributed by atoms with E-state index in [-0.39, 0.29) is 0 Å². The van der Waals surface area contributed by atoms with E-state index >= 15 is 0 Å². The summed E-state index contributed by atoms with van der Waals surface area (Å²) in [5.74, 6) is 1.67. The molecule has 1 fully saturated rings. The Balaban J connectivity index is 1.77. The zero-order valence-electron chi connectivity index (χ0n) is 12.0. The first kappa shape index (κ1) is 14.1. The van der Waals surface area contributed by atoms with Gasteiger partial charge in [0.15, 0.2) is 0 Å². The Morgan fingerprint density at radius 3 is 2.84 bits per heavy atom. The molecule has 19 heavy (non-hydrogen) atoms. The lowest BCUT2D eigenvalue weighted by Crippen LogP contribution is -2.18. The summed E-state index contributed by atoms with van der Waals surface area (Å²) >= 11 is 0. The van der Waals surface area contributed by atoms with Gasteiger partial charge in [0.2, 0.25) is 5.95 Å². The highest BCUT2D eigenvalue weighted by atomic mass is 15.1. The van der Waals surface area contributed by atoms with Crippen LogP contribution in [0.5, 0.6) is 0 Å². The van der Waals surface area contributed by atoms with Gasteiger partial charge in [0.05, 0.1) is 0 Å². The summed E-state index contributed by atoms with van der Waals surface area (Å²) < 4.78 is 0. The zero-order valence-corrected chi connectivity index (χ0v) is 12.0. The maximum atomic E-state index is 4.51. The van der Waals surface area contributed by atoms with Crippen LogP contribution in [0.4, 0.5) is 11.8 Å². The molecule has 0 saturated heterocycles. The molecule has 5 nitrogen and oxygen atoms in total. The van der Waals surface area contributed by atoms with Crippen LogP contribution < -0.4 is 10.6 Å². The molecule has 0 aromatic carbocycles. The van der Waals surface area contributed by atoms with Crippen molar-refractivity contribution in [1.82, 2.24) is 14.9 Å². The van der Waals surface area contributed by atoms with Gasteiger partial charge in [-0.25, -0.2) is 4.98 Å². The summed E-state index contributed by atoms with van der Waals surface area (Å²) in [7, 11) is 4.17. The second-order valence-corrected chi connectivity index (χ2v) is 5.47. The number of nitrogens with one attached hydrogen (secondary N) is 2. The van der Waals surface area contributed by atoms with Crippen LogP contribution in [-0.4, -0.2) is 48.1 Å². The number of hydrogen-bond acceptors (Lipinski definition) is 5. The molecule has 1 aliphatic carbocycles. The van der Waals surface area contributed by atoms with Crippen LogP contribution in [-0.2, 0) is 0 Å². The highest BCUT2D eigenvalue weighted by Gasteiger charge is 2.14. The van der Waals surface area contributed by atoms with E-state index in [9.17, 15) is 0 Å². The fraction of sp³-hybridized carbons (Fsp3) is 0.714. The molecule has 0 unspecified atom stereocenters. The molecule has 1 aromatic rings. The molecule has 0 radical (unpaired) electrons. The van der Waals surface area contributed by atoms with E-state index in [1.165, 1.54) is 25.7 Å². The fourth-order valence-electron chi connectivity index (χ4n) is 2.40. The smallest absolute Gasteiger partial charge is 0.224 e. The quantitative estimate of drug-likeness (QED) is 0.739. The lowest BCUT2D eigenvalue weighted by Gasteiger charge is -2.13. The summed E-state index contributed by atoms with van der Waals surface area (Å²) in [4.78, 5) is 10.9. The summed E-state index contributed by atoms with van der Waals surface area (Å²) in [6, 6.07) is 2.54. The standard InChI is InChI=1S/C14H25N5/c1-19(2)11-5-9-15-14-16-10-8-13(18-14)17-12-6-3-4-7-12/h8,10,12H,3-7,9,11H2,1-2H3,(H2,15,16,17,18). The van der Waals surface area contributed by atoms with Gasteiger partial charge in [-0.3, -0.25) is 0 Å². The highest BCUT2D eigenvalue weighted by molar-refractivity contribution is 5.40. The molecule has 0 spiro atoms. The molecule has 2 N–H and O–H groups in total. The monoisotopic (exact) mass is 263 g/mol. The van der Waals surface area contributed by atoms with E-state index < -0.39 is 0 Å². The van der Waals surface area contributed by atoms with E-state index in [0.717, 1.165) is 31.3 Å². The van der Waals surface area contributed by atoms with Crippen LogP contribution in [0.25, 0.3) is 0 Å². The van der Waals surface area contributed by atoms with Gasteiger partial charge in [-0.05, 0) is 46.0 Å². The summed E-state index contributed by atoms with van der Waals surface area (Å²) in [6.45, 7) is 1.98. The predicted octanol–water partition coefficient (Wildman–Crippen LogP) is 2.19. The van der Waals surface area contributed by atoms with Gasteiger partial charge in [-0.2, -0.15) is 4.98 Å². The topological polar surface area (TPSA) is 53.1 Å². The number of rotatable bonds is 7. The average Bonchev–Trinajstić information content (AvgIpc) is 2.88. The number of anilines is 2. The van der Waals surface area contributed by atoms with E-state index in [1.54, 1.807) is 0 Å². The third-order valence-corrected chi connectivity index (χ3v) is 3.43. The Morgan fingerprint density at radius 1 is 1.32 bits per heavy atom. The predicted molar refractivity (Wildman–Crippen MR) is 79.6 cm³/mol. The molecular weight excluding hydrogens is 238 g/mol. The van der Waals surface area contributed by atoms with Crippen molar-refractivity contribution in [3.63, 3.8) is 0 Å². The van der Waals surface area contributed by atoms with Crippen molar-refractivity contribution < 1.29 is 0 Å². The van der Waals surface area contributed by atoms with Crippen molar-refractivity contribution in [1.29, 1.82) is 0 Å². The molecule has 0 bridgehead atoms. The number of nitrogens with zero attached hydrogens (tertiary/aromatic N) is 3. The maximum Gasteiger partial charge on any atom is 0.224 e. The van der Waals surface area contributed by atoms with Gasteiger partial charge < -0.3 is 15.5 Å². The average molecular weight is 263 g/mol. The molecule has 2 rings (SSSR count). The minimum absolute atomic E-state index is 0.594. The second kappa shape index (κ2) is 7.28. The van der Waals surface area contributed by atoms with Crippen molar-refractivity contribution in [2.75, 3.05) is 37.8 Å². The second-order valence-electron chi connectivity index (χ2n) is 5.47. The Kier molecular flexibility index (Phi) is 5.39. The normalized spacial score (nSPS) is 15.9. The summed E-state index contributed by atoms with van der Waals surface area (Å²) in [6.07, 6.45) is 8.09. The van der Waals surface area contributed by atoms with Gasteiger partial charge in [0, 0.05) is 18.8 Å². The third kappa shape index (κ3) is 5.03. The Morgan fingerprint density at radius 2 is 2.11 bits per heavy atom. The van der Waals surface area contributed by atoms with Gasteiger partial charge in [-0.15, -0.1) is 0 Å². The first-order valence-corrected chi connectivity index (χ1v) is 7.22. The van der Waals surface area contributed by atoms with Gasteiger partial charge in [-0.1, -0.05) is 12.8 Å². The van der Waals surface area contributed by atoms with E-state index in [2.05, 4.69) is 39.6 Å². The Bertz CT molecular complexity index is 374. The molecular formula is C14H25N5. The summed E-state index contributed by atoms with van der Waals surface area (Å²) in [5.41, 5.74) is 0. The van der Waals surface area contributed by atoms with Crippen molar-refractivity contribution in [3.05, 3.63) is 12.3 Å². The van der Waals surface area contributed by atoms with Crippen LogP contribution in [0.2, 0.25) is 0 Å². The first-order chi connectivity index (χ1) is 9.24. The van der Waals surface area contributed by atoms with Crippen molar-refractivity contribution >= 4 is 11.8 Å². The van der Waals surface area contributed by atoms with Crippen LogP contribution in [0.15, 0.2) is 12.3 Å². The van der Waals surface area contributed by atoms with Gasteiger partial charge >= 0.3 is 0 Å². The maximum absolute atomic E-state index is 4.51. The largest absolute Gasteiger partial charge is 0.367 e. The molecule has 5 heteroatoms. The third-order valence-electron chi connectivity index (χ3n) is 3.43.